The lowest BCUT2D eigenvalue weighted by atomic mass is 10.2. The molecule has 0 saturated carbocycles. The molecule has 1 atom stereocenters. The lowest BCUT2D eigenvalue weighted by molar-refractivity contribution is -0.0304. The van der Waals surface area contributed by atoms with Gasteiger partial charge in [0.15, 0.2) is 0 Å². The summed E-state index contributed by atoms with van der Waals surface area (Å²) in [6, 6.07) is 4.69. The predicted octanol–water partition coefficient (Wildman–Crippen LogP) is 1.03. The number of hydrogen-bond acceptors (Lipinski definition) is 4. The summed E-state index contributed by atoms with van der Waals surface area (Å²) >= 11 is 5.84. The SMILES string of the molecule is Cc1cc(Cl)ccc1S(=O)(=O)N1CCOC(CO)C1. The minimum atomic E-state index is -3.57. The normalized spacial score (nSPS) is 21.5. The first kappa shape index (κ1) is 14.7. The fourth-order valence-corrected chi connectivity index (χ4v) is 3.95. The second kappa shape index (κ2) is 5.76. The van der Waals surface area contributed by atoms with Crippen molar-refractivity contribution in [1.82, 2.24) is 4.31 Å². The molecule has 1 aliphatic heterocycles. The number of ether oxygens (including phenoxy) is 1. The summed E-state index contributed by atoms with van der Waals surface area (Å²) in [7, 11) is -3.57. The van der Waals surface area contributed by atoms with Crippen molar-refractivity contribution in [3.8, 4) is 0 Å². The Labute approximate surface area is 117 Å². The number of aliphatic hydroxyl groups excluding tert-OH is 1. The zero-order valence-electron chi connectivity index (χ0n) is 10.5. The number of aryl methyl sites for hydroxylation is 1. The van der Waals surface area contributed by atoms with Crippen molar-refractivity contribution in [2.24, 2.45) is 0 Å². The molecule has 0 bridgehead atoms. The van der Waals surface area contributed by atoms with E-state index < -0.39 is 16.1 Å². The van der Waals surface area contributed by atoms with Gasteiger partial charge in [0.05, 0.1) is 24.2 Å². The number of aliphatic hydroxyl groups is 1. The monoisotopic (exact) mass is 305 g/mol. The van der Waals surface area contributed by atoms with E-state index in [-0.39, 0.29) is 24.7 Å². The van der Waals surface area contributed by atoms with Gasteiger partial charge in [-0.3, -0.25) is 0 Å². The van der Waals surface area contributed by atoms with Crippen LogP contribution < -0.4 is 0 Å². The van der Waals surface area contributed by atoms with Crippen LogP contribution in [0.5, 0.6) is 0 Å². The number of rotatable bonds is 3. The van der Waals surface area contributed by atoms with Gasteiger partial charge in [-0.2, -0.15) is 4.31 Å². The van der Waals surface area contributed by atoms with Gasteiger partial charge in [-0.1, -0.05) is 11.6 Å². The van der Waals surface area contributed by atoms with Gasteiger partial charge in [0, 0.05) is 18.1 Å². The van der Waals surface area contributed by atoms with Crippen LogP contribution in [0.1, 0.15) is 5.56 Å². The van der Waals surface area contributed by atoms with Gasteiger partial charge in [0.1, 0.15) is 0 Å². The van der Waals surface area contributed by atoms with Crippen LogP contribution >= 0.6 is 11.6 Å². The van der Waals surface area contributed by atoms with Crippen LogP contribution in [0.2, 0.25) is 5.02 Å². The topological polar surface area (TPSA) is 66.8 Å². The molecule has 0 spiro atoms. The third-order valence-electron chi connectivity index (χ3n) is 3.06. The average molecular weight is 306 g/mol. The summed E-state index contributed by atoms with van der Waals surface area (Å²) < 4.78 is 31.7. The second-order valence-electron chi connectivity index (χ2n) is 4.45. The molecule has 7 heteroatoms. The fraction of sp³-hybridized carbons (Fsp3) is 0.500. The summed E-state index contributed by atoms with van der Waals surface area (Å²) in [5.74, 6) is 0. The molecule has 1 fully saturated rings. The van der Waals surface area contributed by atoms with Gasteiger partial charge >= 0.3 is 0 Å². The number of hydrogen-bond donors (Lipinski definition) is 1. The molecule has 1 aromatic carbocycles. The first-order valence-electron chi connectivity index (χ1n) is 5.94. The maximum atomic E-state index is 12.5. The second-order valence-corrected chi connectivity index (χ2v) is 6.79. The van der Waals surface area contributed by atoms with E-state index in [4.69, 9.17) is 21.4 Å². The number of sulfonamides is 1. The molecule has 0 aromatic heterocycles. The van der Waals surface area contributed by atoms with Crippen molar-refractivity contribution in [1.29, 1.82) is 0 Å². The Morgan fingerprint density at radius 1 is 1.53 bits per heavy atom. The summed E-state index contributed by atoms with van der Waals surface area (Å²) in [6.45, 7) is 2.27. The van der Waals surface area contributed by atoms with Crippen LogP contribution in [0.25, 0.3) is 0 Å². The molecular weight excluding hydrogens is 290 g/mol. The Bertz CT molecular complexity index is 561. The summed E-state index contributed by atoms with van der Waals surface area (Å²) in [5, 5.41) is 9.58. The summed E-state index contributed by atoms with van der Waals surface area (Å²) in [4.78, 5) is 0.246. The molecule has 0 radical (unpaired) electrons. The molecule has 1 N–H and O–H groups in total. The Morgan fingerprint density at radius 2 is 2.26 bits per heavy atom. The zero-order chi connectivity index (χ0) is 14.0. The van der Waals surface area contributed by atoms with Crippen LogP contribution in [-0.2, 0) is 14.8 Å². The Hall–Kier alpha value is -0.660. The maximum absolute atomic E-state index is 12.5. The largest absolute Gasteiger partial charge is 0.394 e. The van der Waals surface area contributed by atoms with Gasteiger partial charge < -0.3 is 9.84 Å². The van der Waals surface area contributed by atoms with Gasteiger partial charge in [0.2, 0.25) is 10.0 Å². The number of halogens is 1. The van der Waals surface area contributed by atoms with Crippen molar-refractivity contribution in [3.63, 3.8) is 0 Å². The minimum absolute atomic E-state index is 0.168. The Kier molecular flexibility index (Phi) is 4.47. The van der Waals surface area contributed by atoms with E-state index in [1.807, 2.05) is 0 Å². The molecule has 19 heavy (non-hydrogen) atoms. The molecule has 5 nitrogen and oxygen atoms in total. The van der Waals surface area contributed by atoms with E-state index in [0.29, 0.717) is 17.1 Å². The van der Waals surface area contributed by atoms with Gasteiger partial charge in [0.25, 0.3) is 0 Å². The highest BCUT2D eigenvalue weighted by atomic mass is 35.5. The summed E-state index contributed by atoms with van der Waals surface area (Å²) in [6.07, 6.45) is -0.462. The van der Waals surface area contributed by atoms with Crippen molar-refractivity contribution in [3.05, 3.63) is 28.8 Å². The highest BCUT2D eigenvalue weighted by Crippen LogP contribution is 2.24. The first-order valence-corrected chi connectivity index (χ1v) is 7.75. The molecule has 106 valence electrons. The van der Waals surface area contributed by atoms with Crippen molar-refractivity contribution >= 4 is 21.6 Å². The van der Waals surface area contributed by atoms with Crippen molar-refractivity contribution < 1.29 is 18.3 Å². The third-order valence-corrected chi connectivity index (χ3v) is 5.32. The lowest BCUT2D eigenvalue weighted by Crippen LogP contribution is -2.46. The molecule has 1 unspecified atom stereocenters. The standard InChI is InChI=1S/C12H16ClNO4S/c1-9-6-10(13)2-3-12(9)19(16,17)14-4-5-18-11(7-14)8-15/h2-3,6,11,15H,4-5,7-8H2,1H3. The van der Waals surface area contributed by atoms with Crippen LogP contribution in [0.3, 0.4) is 0 Å². The van der Waals surface area contributed by atoms with E-state index in [2.05, 4.69) is 0 Å². The van der Waals surface area contributed by atoms with E-state index in [1.165, 1.54) is 10.4 Å². The first-order chi connectivity index (χ1) is 8.95. The fourth-order valence-electron chi connectivity index (χ4n) is 2.06. The molecule has 0 aliphatic carbocycles. The van der Waals surface area contributed by atoms with Crippen molar-refractivity contribution in [2.45, 2.75) is 17.9 Å². The van der Waals surface area contributed by atoms with Crippen LogP contribution in [-0.4, -0.2) is 50.2 Å². The average Bonchev–Trinajstić information content (AvgIpc) is 2.38. The molecule has 1 saturated heterocycles. The van der Waals surface area contributed by atoms with Crippen LogP contribution in [0.15, 0.2) is 23.1 Å². The Morgan fingerprint density at radius 3 is 2.89 bits per heavy atom. The van der Waals surface area contributed by atoms with E-state index >= 15 is 0 Å². The van der Waals surface area contributed by atoms with E-state index in [9.17, 15) is 8.42 Å². The molecule has 1 aliphatic rings. The van der Waals surface area contributed by atoms with Crippen LogP contribution in [0.4, 0.5) is 0 Å². The predicted molar refractivity (Wildman–Crippen MR) is 71.8 cm³/mol. The van der Waals surface area contributed by atoms with Gasteiger partial charge in [-0.05, 0) is 30.7 Å². The number of benzene rings is 1. The Balaban J connectivity index is 2.31. The van der Waals surface area contributed by atoms with E-state index in [0.717, 1.165) is 0 Å². The molecule has 2 rings (SSSR count). The number of morpholine rings is 1. The van der Waals surface area contributed by atoms with E-state index in [1.54, 1.807) is 19.1 Å². The lowest BCUT2D eigenvalue weighted by Gasteiger charge is -2.31. The quantitative estimate of drug-likeness (QED) is 0.906. The molecule has 1 heterocycles. The highest BCUT2D eigenvalue weighted by molar-refractivity contribution is 7.89. The minimum Gasteiger partial charge on any atom is -0.394 e. The molecule has 1 aromatic rings. The zero-order valence-corrected chi connectivity index (χ0v) is 12.1. The van der Waals surface area contributed by atoms with Crippen LogP contribution in [0, 0.1) is 6.92 Å². The van der Waals surface area contributed by atoms with Crippen molar-refractivity contribution in [2.75, 3.05) is 26.3 Å². The molecule has 0 amide bonds. The van der Waals surface area contributed by atoms with Gasteiger partial charge in [-0.25, -0.2) is 8.42 Å². The summed E-state index contributed by atoms with van der Waals surface area (Å²) in [5.41, 5.74) is 0.611. The highest BCUT2D eigenvalue weighted by Gasteiger charge is 2.31. The molecular formula is C12H16ClNO4S. The van der Waals surface area contributed by atoms with Gasteiger partial charge in [-0.15, -0.1) is 0 Å². The maximum Gasteiger partial charge on any atom is 0.243 e. The number of nitrogens with zero attached hydrogens (tertiary/aromatic N) is 1. The smallest absolute Gasteiger partial charge is 0.243 e. The third kappa shape index (κ3) is 3.09.